The van der Waals surface area contributed by atoms with Crippen LogP contribution >= 0.6 is 0 Å². The summed E-state index contributed by atoms with van der Waals surface area (Å²) in [4.78, 5) is 53.4. The van der Waals surface area contributed by atoms with Gasteiger partial charge in [0, 0.05) is 31.5 Å². The maximum atomic E-state index is 14.8. The van der Waals surface area contributed by atoms with Crippen molar-refractivity contribution in [2.75, 3.05) is 20.7 Å². The molecule has 0 unspecified atom stereocenters. The largest absolute Gasteiger partial charge is 0.468 e. The van der Waals surface area contributed by atoms with Crippen molar-refractivity contribution < 1.29 is 28.3 Å². The lowest BCUT2D eigenvalue weighted by Crippen LogP contribution is -2.47. The van der Waals surface area contributed by atoms with Crippen molar-refractivity contribution in [1.29, 1.82) is 0 Å². The Labute approximate surface area is 175 Å². The summed E-state index contributed by atoms with van der Waals surface area (Å²) in [5, 5.41) is 0. The molecule has 0 aromatic heterocycles. The first-order chi connectivity index (χ1) is 14.3. The molecular weight excluding hydrogens is 391 g/mol. The van der Waals surface area contributed by atoms with E-state index < -0.39 is 35.4 Å². The maximum absolute atomic E-state index is 14.8. The van der Waals surface area contributed by atoms with Crippen LogP contribution in [0.25, 0.3) is 0 Å². The van der Waals surface area contributed by atoms with E-state index in [0.29, 0.717) is 0 Å². The second-order valence-electron chi connectivity index (χ2n) is 8.10. The Morgan fingerprint density at radius 3 is 2.50 bits per heavy atom. The zero-order valence-corrected chi connectivity index (χ0v) is 17.4. The standard InChI is InChI=1S/C22H27FN2O5/c1-24(14-20(28)30-2)18(26)12-22(16-10-6-7-11-17(16)23)13-19(27)25(21(22)29)15-8-4-3-5-9-15/h6-7,10-11,15H,3-5,8-9,12-14H2,1-2H3/t22-/m1/s1. The molecule has 1 aliphatic carbocycles. The lowest BCUT2D eigenvalue weighted by Gasteiger charge is -2.33. The number of ether oxygens (including phenoxy) is 1. The first-order valence-electron chi connectivity index (χ1n) is 10.2. The first-order valence-corrected chi connectivity index (χ1v) is 10.2. The number of nitrogens with zero attached hydrogens (tertiary/aromatic N) is 2. The number of amides is 3. The minimum atomic E-state index is -1.61. The Morgan fingerprint density at radius 1 is 1.20 bits per heavy atom. The van der Waals surface area contributed by atoms with Gasteiger partial charge in [0.1, 0.15) is 12.4 Å². The van der Waals surface area contributed by atoms with Crippen LogP contribution in [-0.2, 0) is 29.3 Å². The van der Waals surface area contributed by atoms with Crippen LogP contribution in [0.2, 0.25) is 0 Å². The van der Waals surface area contributed by atoms with Crippen molar-refractivity contribution in [3.63, 3.8) is 0 Å². The van der Waals surface area contributed by atoms with E-state index in [2.05, 4.69) is 4.74 Å². The molecule has 2 fully saturated rings. The van der Waals surface area contributed by atoms with Crippen LogP contribution in [-0.4, -0.2) is 60.2 Å². The van der Waals surface area contributed by atoms with Crippen molar-refractivity contribution in [2.45, 2.75) is 56.4 Å². The Kier molecular flexibility index (Phi) is 6.53. The average Bonchev–Trinajstić information content (AvgIpc) is 2.98. The number of likely N-dealkylation sites (tertiary alicyclic amines) is 1. The highest BCUT2D eigenvalue weighted by Crippen LogP contribution is 2.43. The van der Waals surface area contributed by atoms with Gasteiger partial charge in [-0.05, 0) is 18.9 Å². The Morgan fingerprint density at radius 2 is 1.87 bits per heavy atom. The Bertz CT molecular complexity index is 852. The molecule has 3 rings (SSSR count). The molecule has 1 atom stereocenters. The molecule has 1 saturated carbocycles. The predicted octanol–water partition coefficient (Wildman–Crippen LogP) is 2.18. The highest BCUT2D eigenvalue weighted by atomic mass is 19.1. The van der Waals surface area contributed by atoms with Crippen LogP contribution in [0.5, 0.6) is 0 Å². The second-order valence-corrected chi connectivity index (χ2v) is 8.10. The molecule has 0 N–H and O–H groups in total. The van der Waals surface area contributed by atoms with E-state index in [-0.39, 0.29) is 30.5 Å². The van der Waals surface area contributed by atoms with Crippen LogP contribution in [0, 0.1) is 5.82 Å². The van der Waals surface area contributed by atoms with Crippen molar-refractivity contribution >= 4 is 23.7 Å². The van der Waals surface area contributed by atoms with Crippen LogP contribution < -0.4 is 0 Å². The van der Waals surface area contributed by atoms with Crippen LogP contribution in [0.3, 0.4) is 0 Å². The first kappa shape index (κ1) is 21.9. The summed E-state index contributed by atoms with van der Waals surface area (Å²) in [6.45, 7) is -0.294. The van der Waals surface area contributed by atoms with Gasteiger partial charge in [0.2, 0.25) is 17.7 Å². The summed E-state index contributed by atoms with van der Waals surface area (Å²) >= 11 is 0. The number of rotatable bonds is 6. The van der Waals surface area contributed by atoms with Crippen LogP contribution in [0.4, 0.5) is 4.39 Å². The van der Waals surface area contributed by atoms with Crippen molar-refractivity contribution in [3.05, 3.63) is 35.6 Å². The third-order valence-electron chi connectivity index (χ3n) is 6.15. The molecule has 1 heterocycles. The molecule has 1 saturated heterocycles. The van der Waals surface area contributed by atoms with Gasteiger partial charge < -0.3 is 9.64 Å². The number of halogens is 1. The van der Waals surface area contributed by atoms with E-state index in [9.17, 15) is 23.6 Å². The zero-order valence-electron chi connectivity index (χ0n) is 17.4. The molecule has 30 heavy (non-hydrogen) atoms. The van der Waals surface area contributed by atoms with Gasteiger partial charge in [-0.1, -0.05) is 37.5 Å². The number of carbonyl (C=O) groups excluding carboxylic acids is 4. The molecule has 0 spiro atoms. The fourth-order valence-corrected chi connectivity index (χ4v) is 4.50. The minimum absolute atomic E-state index is 0.0430. The van der Waals surface area contributed by atoms with Gasteiger partial charge in [0.15, 0.2) is 0 Å². The summed E-state index contributed by atoms with van der Waals surface area (Å²) in [6, 6.07) is 5.55. The topological polar surface area (TPSA) is 84.0 Å². The summed E-state index contributed by atoms with van der Waals surface area (Å²) in [6.07, 6.45) is 3.70. The molecule has 1 aromatic rings. The number of imide groups is 1. The van der Waals surface area contributed by atoms with Gasteiger partial charge in [-0.2, -0.15) is 0 Å². The average molecular weight is 418 g/mol. The highest BCUT2D eigenvalue weighted by molar-refractivity contribution is 6.11. The molecule has 1 aliphatic heterocycles. The van der Waals surface area contributed by atoms with Crippen molar-refractivity contribution in [1.82, 2.24) is 9.80 Å². The van der Waals surface area contributed by atoms with Gasteiger partial charge in [0.25, 0.3) is 0 Å². The zero-order chi connectivity index (χ0) is 21.9. The van der Waals surface area contributed by atoms with Gasteiger partial charge in [-0.15, -0.1) is 0 Å². The molecule has 2 aliphatic rings. The molecular formula is C22H27FN2O5. The Balaban J connectivity index is 1.96. The second kappa shape index (κ2) is 8.93. The third-order valence-corrected chi connectivity index (χ3v) is 6.15. The number of benzene rings is 1. The number of hydrogen-bond donors (Lipinski definition) is 0. The number of carbonyl (C=O) groups is 4. The number of methoxy groups -OCH3 is 1. The molecule has 7 nitrogen and oxygen atoms in total. The normalized spacial score (nSPS) is 22.3. The van der Waals surface area contributed by atoms with E-state index in [1.807, 2.05) is 0 Å². The smallest absolute Gasteiger partial charge is 0.325 e. The third kappa shape index (κ3) is 4.08. The van der Waals surface area contributed by atoms with E-state index in [4.69, 9.17) is 0 Å². The quantitative estimate of drug-likeness (QED) is 0.522. The summed E-state index contributed by atoms with van der Waals surface area (Å²) in [5.74, 6) is -2.67. The van der Waals surface area contributed by atoms with Gasteiger partial charge in [-0.3, -0.25) is 24.1 Å². The minimum Gasteiger partial charge on any atom is -0.468 e. The maximum Gasteiger partial charge on any atom is 0.325 e. The van der Waals surface area contributed by atoms with Gasteiger partial charge >= 0.3 is 5.97 Å². The highest BCUT2D eigenvalue weighted by Gasteiger charge is 2.56. The lowest BCUT2D eigenvalue weighted by molar-refractivity contribution is -0.147. The van der Waals surface area contributed by atoms with Crippen LogP contribution in [0.1, 0.15) is 50.5 Å². The van der Waals surface area contributed by atoms with E-state index in [1.165, 1.54) is 37.3 Å². The number of esters is 1. The molecule has 0 bridgehead atoms. The van der Waals surface area contributed by atoms with Gasteiger partial charge in [0.05, 0.1) is 12.5 Å². The van der Waals surface area contributed by atoms with Crippen molar-refractivity contribution in [3.8, 4) is 0 Å². The lowest BCUT2D eigenvalue weighted by atomic mass is 9.75. The van der Waals surface area contributed by atoms with E-state index >= 15 is 0 Å². The van der Waals surface area contributed by atoms with Crippen molar-refractivity contribution in [2.24, 2.45) is 0 Å². The molecule has 162 valence electrons. The predicted molar refractivity (Wildman–Crippen MR) is 106 cm³/mol. The SMILES string of the molecule is COC(=O)CN(C)C(=O)C[C@]1(c2ccccc2F)CC(=O)N(C2CCCCC2)C1=O. The summed E-state index contributed by atoms with van der Waals surface area (Å²) < 4.78 is 19.4. The monoisotopic (exact) mass is 418 g/mol. The molecule has 8 heteroatoms. The van der Waals surface area contributed by atoms with E-state index in [1.54, 1.807) is 6.07 Å². The van der Waals surface area contributed by atoms with E-state index in [0.717, 1.165) is 37.0 Å². The summed E-state index contributed by atoms with van der Waals surface area (Å²) in [7, 11) is 2.62. The fraction of sp³-hybridized carbons (Fsp3) is 0.545. The summed E-state index contributed by atoms with van der Waals surface area (Å²) in [5.41, 5.74) is -1.57. The number of likely N-dealkylation sites (N-methyl/N-ethyl adjacent to an activating group) is 1. The molecule has 1 aromatic carbocycles. The molecule has 3 amide bonds. The number of hydrogen-bond acceptors (Lipinski definition) is 5. The Hall–Kier alpha value is -2.77. The fourth-order valence-electron chi connectivity index (χ4n) is 4.50. The molecule has 0 radical (unpaired) electrons. The van der Waals surface area contributed by atoms with Gasteiger partial charge in [-0.25, -0.2) is 4.39 Å². The van der Waals surface area contributed by atoms with Crippen LogP contribution in [0.15, 0.2) is 24.3 Å².